The number of rotatable bonds is 7. The van der Waals surface area contributed by atoms with Gasteiger partial charge in [-0.15, -0.1) is 0 Å². The minimum Gasteiger partial charge on any atom is -0.370 e. The lowest BCUT2D eigenvalue weighted by Gasteiger charge is -2.20. The van der Waals surface area contributed by atoms with Gasteiger partial charge >= 0.3 is 0 Å². The summed E-state index contributed by atoms with van der Waals surface area (Å²) in [5.74, 6) is 3.10. The Morgan fingerprint density at radius 2 is 2.14 bits per heavy atom. The summed E-state index contributed by atoms with van der Waals surface area (Å²) in [6.07, 6.45) is 1.08. The molecule has 2 aromatic heterocycles. The van der Waals surface area contributed by atoms with Crippen LogP contribution in [0.2, 0.25) is 0 Å². The molecule has 0 aliphatic heterocycles. The standard InChI is InChI=1S/C16H24N4S/c1-5-7-17-14-9-15(19-16(18-14)12(2)3)20(4)10-13-6-8-21-11-13/h6,8-9,11-12H,5,7,10H2,1-4H3,(H,17,18,19). The first-order valence-electron chi connectivity index (χ1n) is 7.45. The minimum atomic E-state index is 0.321. The zero-order valence-electron chi connectivity index (χ0n) is 13.3. The van der Waals surface area contributed by atoms with Gasteiger partial charge in [-0.1, -0.05) is 20.8 Å². The van der Waals surface area contributed by atoms with E-state index in [0.717, 1.165) is 37.0 Å². The lowest BCUT2D eigenvalue weighted by Crippen LogP contribution is -2.19. The van der Waals surface area contributed by atoms with Crippen LogP contribution in [0.1, 0.15) is 44.5 Å². The van der Waals surface area contributed by atoms with Gasteiger partial charge in [0.1, 0.15) is 17.5 Å². The number of hydrogen-bond donors (Lipinski definition) is 1. The molecule has 0 spiro atoms. The summed E-state index contributed by atoms with van der Waals surface area (Å²) in [6, 6.07) is 4.19. The van der Waals surface area contributed by atoms with Gasteiger partial charge in [0, 0.05) is 32.1 Å². The van der Waals surface area contributed by atoms with Crippen LogP contribution in [0.5, 0.6) is 0 Å². The molecule has 2 heterocycles. The van der Waals surface area contributed by atoms with Crippen LogP contribution in [0.25, 0.3) is 0 Å². The quantitative estimate of drug-likeness (QED) is 0.835. The van der Waals surface area contributed by atoms with Crippen LogP contribution in [-0.2, 0) is 6.54 Å². The molecule has 5 heteroatoms. The Kier molecular flexibility index (Phi) is 5.56. The normalized spacial score (nSPS) is 10.9. The van der Waals surface area contributed by atoms with E-state index in [4.69, 9.17) is 4.98 Å². The van der Waals surface area contributed by atoms with Gasteiger partial charge in [0.25, 0.3) is 0 Å². The molecular weight excluding hydrogens is 280 g/mol. The van der Waals surface area contributed by atoms with Crippen molar-refractivity contribution in [2.75, 3.05) is 23.8 Å². The van der Waals surface area contributed by atoms with Crippen molar-refractivity contribution in [1.82, 2.24) is 9.97 Å². The van der Waals surface area contributed by atoms with E-state index in [1.807, 2.05) is 6.07 Å². The molecule has 0 atom stereocenters. The Balaban J connectivity index is 2.21. The molecule has 0 saturated carbocycles. The maximum Gasteiger partial charge on any atom is 0.135 e. The average Bonchev–Trinajstić information content (AvgIpc) is 2.97. The third kappa shape index (κ3) is 4.43. The van der Waals surface area contributed by atoms with Gasteiger partial charge in [0.05, 0.1) is 0 Å². The molecule has 4 nitrogen and oxygen atoms in total. The Labute approximate surface area is 131 Å². The summed E-state index contributed by atoms with van der Waals surface area (Å²) < 4.78 is 0. The molecule has 1 N–H and O–H groups in total. The smallest absolute Gasteiger partial charge is 0.135 e. The fourth-order valence-corrected chi connectivity index (χ4v) is 2.65. The maximum absolute atomic E-state index is 4.70. The molecule has 0 radical (unpaired) electrons. The van der Waals surface area contributed by atoms with Crippen LogP contribution in [0.3, 0.4) is 0 Å². The highest BCUT2D eigenvalue weighted by molar-refractivity contribution is 7.07. The van der Waals surface area contributed by atoms with Crippen molar-refractivity contribution in [3.8, 4) is 0 Å². The van der Waals surface area contributed by atoms with E-state index < -0.39 is 0 Å². The average molecular weight is 304 g/mol. The van der Waals surface area contributed by atoms with E-state index in [2.05, 4.69) is 59.8 Å². The summed E-state index contributed by atoms with van der Waals surface area (Å²) in [7, 11) is 2.08. The molecule has 0 aliphatic rings. The molecule has 0 amide bonds. The maximum atomic E-state index is 4.70. The predicted octanol–water partition coefficient (Wildman–Crippen LogP) is 4.12. The number of nitrogens with zero attached hydrogens (tertiary/aromatic N) is 3. The van der Waals surface area contributed by atoms with Crippen molar-refractivity contribution in [2.45, 2.75) is 39.7 Å². The number of anilines is 2. The van der Waals surface area contributed by atoms with E-state index in [1.165, 1.54) is 5.56 Å². The lowest BCUT2D eigenvalue weighted by molar-refractivity contribution is 0.762. The highest BCUT2D eigenvalue weighted by atomic mass is 32.1. The molecule has 21 heavy (non-hydrogen) atoms. The summed E-state index contributed by atoms with van der Waals surface area (Å²) in [5, 5.41) is 7.65. The van der Waals surface area contributed by atoms with E-state index in [1.54, 1.807) is 11.3 Å². The van der Waals surface area contributed by atoms with Gasteiger partial charge in [-0.2, -0.15) is 11.3 Å². The molecule has 0 bridgehead atoms. The first-order chi connectivity index (χ1) is 10.1. The third-order valence-electron chi connectivity index (χ3n) is 3.19. The van der Waals surface area contributed by atoms with Crippen molar-refractivity contribution >= 4 is 23.0 Å². The van der Waals surface area contributed by atoms with E-state index in [9.17, 15) is 0 Å². The van der Waals surface area contributed by atoms with Crippen molar-refractivity contribution in [2.24, 2.45) is 0 Å². The van der Waals surface area contributed by atoms with Crippen LogP contribution in [0, 0.1) is 0 Å². The molecule has 114 valence electrons. The zero-order chi connectivity index (χ0) is 15.2. The van der Waals surface area contributed by atoms with Gasteiger partial charge in [-0.3, -0.25) is 0 Å². The predicted molar refractivity (Wildman–Crippen MR) is 91.3 cm³/mol. The lowest BCUT2D eigenvalue weighted by atomic mass is 10.2. The second-order valence-corrected chi connectivity index (χ2v) is 6.32. The van der Waals surface area contributed by atoms with Gasteiger partial charge < -0.3 is 10.2 Å². The van der Waals surface area contributed by atoms with Crippen LogP contribution in [0.15, 0.2) is 22.9 Å². The first kappa shape index (κ1) is 15.8. The topological polar surface area (TPSA) is 41.0 Å². The first-order valence-corrected chi connectivity index (χ1v) is 8.39. The van der Waals surface area contributed by atoms with Crippen LogP contribution in [-0.4, -0.2) is 23.6 Å². The van der Waals surface area contributed by atoms with Gasteiger partial charge in [-0.25, -0.2) is 9.97 Å². The van der Waals surface area contributed by atoms with E-state index in [0.29, 0.717) is 5.92 Å². The minimum absolute atomic E-state index is 0.321. The summed E-state index contributed by atoms with van der Waals surface area (Å²) in [5.41, 5.74) is 1.32. The fourth-order valence-electron chi connectivity index (χ4n) is 1.99. The second kappa shape index (κ2) is 7.41. The SMILES string of the molecule is CCCNc1cc(N(C)Cc2ccsc2)nc(C(C)C)n1. The third-order valence-corrected chi connectivity index (χ3v) is 3.93. The van der Waals surface area contributed by atoms with Crippen molar-refractivity contribution in [1.29, 1.82) is 0 Å². The van der Waals surface area contributed by atoms with Crippen molar-refractivity contribution < 1.29 is 0 Å². The molecule has 0 aromatic carbocycles. The summed E-state index contributed by atoms with van der Waals surface area (Å²) >= 11 is 1.73. The number of aromatic nitrogens is 2. The number of nitrogens with one attached hydrogen (secondary N) is 1. The largest absolute Gasteiger partial charge is 0.370 e. The highest BCUT2D eigenvalue weighted by Crippen LogP contribution is 2.21. The Hall–Kier alpha value is -1.62. The molecule has 0 aliphatic carbocycles. The molecule has 0 fully saturated rings. The summed E-state index contributed by atoms with van der Waals surface area (Å²) in [6.45, 7) is 8.21. The molecule has 2 aromatic rings. The zero-order valence-corrected chi connectivity index (χ0v) is 14.1. The fraction of sp³-hybridized carbons (Fsp3) is 0.500. The van der Waals surface area contributed by atoms with Gasteiger partial charge in [-0.05, 0) is 28.8 Å². The highest BCUT2D eigenvalue weighted by Gasteiger charge is 2.11. The van der Waals surface area contributed by atoms with Gasteiger partial charge in [0.15, 0.2) is 0 Å². The second-order valence-electron chi connectivity index (χ2n) is 5.54. The van der Waals surface area contributed by atoms with Crippen molar-refractivity contribution in [3.05, 3.63) is 34.3 Å². The van der Waals surface area contributed by atoms with Gasteiger partial charge in [0.2, 0.25) is 0 Å². The monoisotopic (exact) mass is 304 g/mol. The van der Waals surface area contributed by atoms with Crippen molar-refractivity contribution in [3.63, 3.8) is 0 Å². The van der Waals surface area contributed by atoms with E-state index in [-0.39, 0.29) is 0 Å². The Morgan fingerprint density at radius 1 is 1.33 bits per heavy atom. The molecule has 0 unspecified atom stereocenters. The van der Waals surface area contributed by atoms with E-state index >= 15 is 0 Å². The Morgan fingerprint density at radius 3 is 2.76 bits per heavy atom. The number of hydrogen-bond acceptors (Lipinski definition) is 5. The van der Waals surface area contributed by atoms with Crippen LogP contribution < -0.4 is 10.2 Å². The molecule has 2 rings (SSSR count). The van der Waals surface area contributed by atoms with Crippen LogP contribution >= 0.6 is 11.3 Å². The molecule has 0 saturated heterocycles. The summed E-state index contributed by atoms with van der Waals surface area (Å²) in [4.78, 5) is 11.5. The van der Waals surface area contributed by atoms with Crippen LogP contribution in [0.4, 0.5) is 11.6 Å². The molecular formula is C16H24N4S. The Bertz CT molecular complexity index is 551. The number of thiophene rings is 1.